The SMILES string of the molecule is CC(O)CNCc1ccc(C(=N)CC(=O)c2cncc(-c3ccc(S(=O)C(C)C)cc3)n2)cc1. The molecular weight excluding hydrogens is 448 g/mol. The summed E-state index contributed by atoms with van der Waals surface area (Å²) in [5, 5.41) is 20.8. The van der Waals surface area contributed by atoms with Crippen molar-refractivity contribution in [2.45, 2.75) is 50.0 Å². The fourth-order valence-corrected chi connectivity index (χ4v) is 4.22. The summed E-state index contributed by atoms with van der Waals surface area (Å²) in [6.45, 7) is 6.67. The Morgan fingerprint density at radius 2 is 1.74 bits per heavy atom. The van der Waals surface area contributed by atoms with Gasteiger partial charge in [0.15, 0.2) is 5.78 Å². The number of nitrogens with one attached hydrogen (secondary N) is 2. The van der Waals surface area contributed by atoms with Gasteiger partial charge in [-0.05, 0) is 30.2 Å². The van der Waals surface area contributed by atoms with Gasteiger partial charge in [-0.25, -0.2) is 4.98 Å². The summed E-state index contributed by atoms with van der Waals surface area (Å²) in [6.07, 6.45) is 2.51. The number of ketones is 1. The number of carbonyl (C=O) groups is 1. The summed E-state index contributed by atoms with van der Waals surface area (Å²) in [5.74, 6) is -0.278. The van der Waals surface area contributed by atoms with E-state index >= 15 is 0 Å². The van der Waals surface area contributed by atoms with E-state index in [-0.39, 0.29) is 28.9 Å². The maximum atomic E-state index is 12.8. The smallest absolute Gasteiger partial charge is 0.188 e. The van der Waals surface area contributed by atoms with Gasteiger partial charge in [-0.2, -0.15) is 0 Å². The van der Waals surface area contributed by atoms with E-state index < -0.39 is 16.9 Å². The van der Waals surface area contributed by atoms with Gasteiger partial charge < -0.3 is 15.8 Å². The Balaban J connectivity index is 1.65. The number of Topliss-reactive ketones (excluding diaryl/α,β-unsaturated/α-hetero) is 1. The first-order valence-corrected chi connectivity index (χ1v) is 12.4. The van der Waals surface area contributed by atoms with E-state index in [1.54, 1.807) is 25.3 Å². The molecule has 0 aliphatic rings. The molecule has 2 aromatic carbocycles. The predicted molar refractivity (Wildman–Crippen MR) is 135 cm³/mol. The molecular formula is C26H30N4O3S. The Morgan fingerprint density at radius 1 is 1.06 bits per heavy atom. The minimum atomic E-state index is -1.07. The molecule has 3 rings (SSSR count). The zero-order valence-corrected chi connectivity index (χ0v) is 20.4. The molecule has 0 aliphatic heterocycles. The quantitative estimate of drug-likeness (QED) is 0.285. The number of hydrogen-bond donors (Lipinski definition) is 3. The maximum Gasteiger partial charge on any atom is 0.188 e. The van der Waals surface area contributed by atoms with Gasteiger partial charge in [0.2, 0.25) is 0 Å². The zero-order valence-electron chi connectivity index (χ0n) is 19.6. The summed E-state index contributed by atoms with van der Waals surface area (Å²) in [4.78, 5) is 22.1. The van der Waals surface area contributed by atoms with Crippen LogP contribution in [0, 0.1) is 5.41 Å². The van der Waals surface area contributed by atoms with Gasteiger partial charge >= 0.3 is 0 Å². The number of nitrogens with zero attached hydrogens (tertiary/aromatic N) is 2. The molecule has 1 aromatic heterocycles. The van der Waals surface area contributed by atoms with Crippen LogP contribution in [0.25, 0.3) is 11.3 Å². The van der Waals surface area contributed by atoms with Crippen molar-refractivity contribution in [1.82, 2.24) is 15.3 Å². The number of aliphatic hydroxyl groups is 1. The van der Waals surface area contributed by atoms with E-state index in [0.717, 1.165) is 16.0 Å². The van der Waals surface area contributed by atoms with Gasteiger partial charge in [-0.3, -0.25) is 14.0 Å². The summed E-state index contributed by atoms with van der Waals surface area (Å²) < 4.78 is 12.3. The normalized spacial score (nSPS) is 13.0. The molecule has 0 spiro atoms. The first kappa shape index (κ1) is 25.6. The van der Waals surface area contributed by atoms with Crippen LogP contribution >= 0.6 is 0 Å². The van der Waals surface area contributed by atoms with Crippen molar-refractivity contribution in [3.05, 3.63) is 77.7 Å². The highest BCUT2D eigenvalue weighted by molar-refractivity contribution is 7.85. The van der Waals surface area contributed by atoms with Gasteiger partial charge in [-0.15, -0.1) is 0 Å². The third kappa shape index (κ3) is 6.96. The van der Waals surface area contributed by atoms with Crippen LogP contribution in [-0.4, -0.2) is 48.7 Å². The van der Waals surface area contributed by atoms with Gasteiger partial charge in [0.1, 0.15) is 5.69 Å². The second-order valence-corrected chi connectivity index (χ2v) is 10.4. The molecule has 0 radical (unpaired) electrons. The van der Waals surface area contributed by atoms with Crippen molar-refractivity contribution < 1.29 is 14.1 Å². The van der Waals surface area contributed by atoms with Gasteiger partial charge in [0.05, 0.1) is 41.4 Å². The number of carbonyl (C=O) groups excluding carboxylic acids is 1. The van der Waals surface area contributed by atoms with Gasteiger partial charge in [0, 0.05) is 34.5 Å². The van der Waals surface area contributed by atoms with E-state index in [1.165, 1.54) is 6.20 Å². The van der Waals surface area contributed by atoms with Gasteiger partial charge in [-0.1, -0.05) is 50.2 Å². The second kappa shape index (κ2) is 11.9. The van der Waals surface area contributed by atoms with Crippen LogP contribution in [0.15, 0.2) is 65.8 Å². The molecule has 2 unspecified atom stereocenters. The summed E-state index contributed by atoms with van der Waals surface area (Å²) >= 11 is 0. The molecule has 3 aromatic rings. The average molecular weight is 479 g/mol. The van der Waals surface area contributed by atoms with Crippen molar-refractivity contribution in [2.75, 3.05) is 6.54 Å². The van der Waals surface area contributed by atoms with Crippen LogP contribution in [0.1, 0.15) is 48.8 Å². The molecule has 0 amide bonds. The standard InChI is InChI=1S/C26H30N4O3S/c1-17(2)34(33)22-10-8-21(9-11-22)24-15-29-16-25(30-24)26(32)12-23(27)20-6-4-19(5-7-20)14-28-13-18(3)31/h4-11,15-18,27-28,31H,12-14H2,1-3H3. The first-order chi connectivity index (χ1) is 16.2. The highest BCUT2D eigenvalue weighted by atomic mass is 32.2. The minimum Gasteiger partial charge on any atom is -0.392 e. The van der Waals surface area contributed by atoms with E-state index in [0.29, 0.717) is 24.3 Å². The summed E-state index contributed by atoms with van der Waals surface area (Å²) in [7, 11) is -1.07. The lowest BCUT2D eigenvalue weighted by molar-refractivity contribution is 0.0995. The van der Waals surface area contributed by atoms with Crippen LogP contribution in [0.5, 0.6) is 0 Å². The molecule has 0 aliphatic carbocycles. The molecule has 0 saturated carbocycles. The van der Waals surface area contributed by atoms with Crippen molar-refractivity contribution in [1.29, 1.82) is 5.41 Å². The first-order valence-electron chi connectivity index (χ1n) is 11.2. The second-order valence-electron chi connectivity index (χ2n) is 8.42. The highest BCUT2D eigenvalue weighted by Crippen LogP contribution is 2.20. The molecule has 34 heavy (non-hydrogen) atoms. The number of aliphatic hydroxyl groups excluding tert-OH is 1. The molecule has 3 N–H and O–H groups in total. The van der Waals surface area contributed by atoms with Crippen LogP contribution in [0.4, 0.5) is 0 Å². The van der Waals surface area contributed by atoms with E-state index in [1.807, 2.05) is 50.2 Å². The molecule has 178 valence electrons. The largest absolute Gasteiger partial charge is 0.392 e. The molecule has 0 bridgehead atoms. The Labute approximate surface area is 202 Å². The van der Waals surface area contributed by atoms with Crippen molar-refractivity contribution in [3.63, 3.8) is 0 Å². The van der Waals surface area contributed by atoms with Crippen molar-refractivity contribution in [2.24, 2.45) is 0 Å². The van der Waals surface area contributed by atoms with E-state index in [2.05, 4.69) is 15.3 Å². The molecule has 8 heteroatoms. The fraction of sp³-hybridized carbons (Fsp3) is 0.308. The fourth-order valence-electron chi connectivity index (χ4n) is 3.27. The lowest BCUT2D eigenvalue weighted by Crippen LogP contribution is -2.23. The lowest BCUT2D eigenvalue weighted by Gasteiger charge is -2.09. The maximum absolute atomic E-state index is 12.8. The molecule has 1 heterocycles. The Bertz CT molecular complexity index is 1160. The number of benzene rings is 2. The number of rotatable bonds is 11. The number of hydrogen-bond acceptors (Lipinski definition) is 7. The van der Waals surface area contributed by atoms with Crippen molar-refractivity contribution >= 4 is 22.3 Å². The lowest BCUT2D eigenvalue weighted by atomic mass is 10.0. The minimum absolute atomic E-state index is 0.0323. The Kier molecular flexibility index (Phi) is 8.92. The molecule has 7 nitrogen and oxygen atoms in total. The summed E-state index contributed by atoms with van der Waals surface area (Å²) in [6, 6.07) is 14.7. The third-order valence-electron chi connectivity index (χ3n) is 5.14. The topological polar surface area (TPSA) is 116 Å². The highest BCUT2D eigenvalue weighted by Gasteiger charge is 2.15. The zero-order chi connectivity index (χ0) is 24.7. The van der Waals surface area contributed by atoms with Crippen molar-refractivity contribution in [3.8, 4) is 11.3 Å². The molecule has 2 atom stereocenters. The monoisotopic (exact) mass is 478 g/mol. The number of aromatic nitrogens is 2. The van der Waals surface area contributed by atoms with E-state index in [9.17, 15) is 14.1 Å². The third-order valence-corrected chi connectivity index (χ3v) is 6.73. The Hall–Kier alpha value is -3.07. The summed E-state index contributed by atoms with van der Waals surface area (Å²) in [5.41, 5.74) is 3.45. The molecule has 0 saturated heterocycles. The molecule has 0 fully saturated rings. The average Bonchev–Trinajstić information content (AvgIpc) is 2.84. The van der Waals surface area contributed by atoms with Crippen LogP contribution < -0.4 is 5.32 Å². The predicted octanol–water partition coefficient (Wildman–Crippen LogP) is 3.77. The Morgan fingerprint density at radius 3 is 2.35 bits per heavy atom. The van der Waals surface area contributed by atoms with Crippen LogP contribution in [0.3, 0.4) is 0 Å². The van der Waals surface area contributed by atoms with Gasteiger partial charge in [0.25, 0.3) is 0 Å². The van der Waals surface area contributed by atoms with Crippen LogP contribution in [-0.2, 0) is 17.3 Å². The van der Waals surface area contributed by atoms with Crippen LogP contribution in [0.2, 0.25) is 0 Å². The van der Waals surface area contributed by atoms with E-state index in [4.69, 9.17) is 5.41 Å².